The fraction of sp³-hybridized carbons (Fsp3) is 0. The van der Waals surface area contributed by atoms with Crippen LogP contribution in [0.4, 0.5) is 0 Å². The van der Waals surface area contributed by atoms with Crippen molar-refractivity contribution < 1.29 is 0 Å². The van der Waals surface area contributed by atoms with Crippen LogP contribution in [0.25, 0.3) is 0 Å². The van der Waals surface area contributed by atoms with E-state index in [0.717, 1.165) is 0 Å². The van der Waals surface area contributed by atoms with Crippen molar-refractivity contribution in [2.45, 2.75) is 0 Å². The van der Waals surface area contributed by atoms with Crippen molar-refractivity contribution >= 4 is 70.9 Å². The van der Waals surface area contributed by atoms with E-state index < -0.39 is 0 Å². The van der Waals surface area contributed by atoms with Crippen molar-refractivity contribution in [3.63, 3.8) is 0 Å². The summed E-state index contributed by atoms with van der Waals surface area (Å²) in [6, 6.07) is 25.1. The van der Waals surface area contributed by atoms with Crippen LogP contribution in [0.2, 0.25) is 0 Å². The number of benzene rings is 3. The van der Waals surface area contributed by atoms with Gasteiger partial charge in [0.25, 0.3) is 0 Å². The summed E-state index contributed by atoms with van der Waals surface area (Å²) in [7, 11) is 0. The molecule has 2 aliphatic rings. The molecule has 0 N–H and O–H groups in total. The van der Waals surface area contributed by atoms with Gasteiger partial charge in [0.1, 0.15) is 0 Å². The molecule has 0 aliphatic carbocycles. The van der Waals surface area contributed by atoms with E-state index in [4.69, 9.17) is 0 Å². The van der Waals surface area contributed by atoms with Gasteiger partial charge in [0.2, 0.25) is 0 Å². The standard InChI is InChI=1S/C18H11BSe2/c1-3-8-14-12(6-1)19-13-7-2-4-9-15(13)21-17-11-5-10-16(20-14)18(17)19/h1-11H. The Morgan fingerprint density at radius 2 is 1.00 bits per heavy atom. The predicted octanol–water partition coefficient (Wildman–Crippen LogP) is -1.86. The molecule has 3 aromatic carbocycles. The fourth-order valence-corrected chi connectivity index (χ4v) is 8.57. The molecule has 3 aromatic rings. The Morgan fingerprint density at radius 1 is 0.524 bits per heavy atom. The Labute approximate surface area is 137 Å². The van der Waals surface area contributed by atoms with Crippen molar-refractivity contribution in [1.82, 2.24) is 0 Å². The minimum atomic E-state index is 0.459. The van der Waals surface area contributed by atoms with Gasteiger partial charge in [0, 0.05) is 0 Å². The first-order valence-corrected chi connectivity index (χ1v) is 10.5. The zero-order valence-electron chi connectivity index (χ0n) is 11.2. The van der Waals surface area contributed by atoms with Gasteiger partial charge in [0.05, 0.1) is 0 Å². The number of hydrogen-bond donors (Lipinski definition) is 0. The van der Waals surface area contributed by atoms with E-state index in [1.54, 1.807) is 34.2 Å². The molecule has 2 aliphatic heterocycles. The summed E-state index contributed by atoms with van der Waals surface area (Å²) in [6.45, 7) is 0.467. The third-order valence-electron chi connectivity index (χ3n) is 4.21. The monoisotopic (exact) mass is 398 g/mol. The molecule has 0 amide bonds. The van der Waals surface area contributed by atoms with Gasteiger partial charge in [-0.3, -0.25) is 0 Å². The number of hydrogen-bond acceptors (Lipinski definition) is 0. The van der Waals surface area contributed by atoms with Gasteiger partial charge >= 0.3 is 138 Å². The second kappa shape index (κ2) is 4.63. The molecule has 0 fully saturated rings. The molecule has 0 saturated carbocycles. The van der Waals surface area contributed by atoms with Gasteiger partial charge in [0.15, 0.2) is 0 Å². The molecular formula is C18H11BSe2. The van der Waals surface area contributed by atoms with Crippen molar-refractivity contribution in [3.05, 3.63) is 66.7 Å². The predicted molar refractivity (Wildman–Crippen MR) is 94.0 cm³/mol. The first kappa shape index (κ1) is 12.3. The minimum absolute atomic E-state index is 0.459. The Bertz CT molecular complexity index is 805. The second-order valence-electron chi connectivity index (χ2n) is 5.38. The van der Waals surface area contributed by atoms with E-state index in [-0.39, 0.29) is 0 Å². The van der Waals surface area contributed by atoms with Crippen LogP contribution in [0.1, 0.15) is 0 Å². The molecule has 0 saturated heterocycles. The van der Waals surface area contributed by atoms with Crippen LogP contribution in [0.5, 0.6) is 0 Å². The molecule has 0 nitrogen and oxygen atoms in total. The first-order valence-electron chi connectivity index (χ1n) is 7.08. The zero-order valence-corrected chi connectivity index (χ0v) is 14.7. The average Bonchev–Trinajstić information content (AvgIpc) is 2.54. The molecule has 2 heterocycles. The molecule has 0 bridgehead atoms. The molecule has 21 heavy (non-hydrogen) atoms. The molecule has 0 unspecified atom stereocenters. The van der Waals surface area contributed by atoms with Crippen LogP contribution in [-0.4, -0.2) is 36.6 Å². The van der Waals surface area contributed by atoms with Crippen LogP contribution in [0, 0.1) is 0 Å². The SMILES string of the molecule is c1ccc2c(c1)[Se]c1cccc3c1B2c1ccccc1[Se]3. The Morgan fingerprint density at radius 3 is 1.57 bits per heavy atom. The summed E-state index contributed by atoms with van der Waals surface area (Å²) in [6.07, 6.45) is 0. The summed E-state index contributed by atoms with van der Waals surface area (Å²) < 4.78 is 6.31. The van der Waals surface area contributed by atoms with E-state index in [0.29, 0.717) is 36.6 Å². The van der Waals surface area contributed by atoms with Crippen LogP contribution in [0.3, 0.4) is 0 Å². The van der Waals surface area contributed by atoms with Crippen molar-refractivity contribution in [2.75, 3.05) is 0 Å². The Kier molecular flexibility index (Phi) is 2.72. The quantitative estimate of drug-likeness (QED) is 0.270. The summed E-state index contributed by atoms with van der Waals surface area (Å²) in [5.74, 6) is 0. The van der Waals surface area contributed by atoms with Gasteiger partial charge in [-0.05, 0) is 0 Å². The first-order chi connectivity index (χ1) is 10.4. The van der Waals surface area contributed by atoms with E-state index in [1.807, 2.05) is 0 Å². The van der Waals surface area contributed by atoms with Gasteiger partial charge in [-0.25, -0.2) is 0 Å². The topological polar surface area (TPSA) is 0 Å². The molecule has 98 valence electrons. The van der Waals surface area contributed by atoms with Crippen LogP contribution in [0.15, 0.2) is 66.7 Å². The molecule has 0 radical (unpaired) electrons. The molecule has 0 atom stereocenters. The van der Waals surface area contributed by atoms with E-state index in [1.165, 1.54) is 0 Å². The van der Waals surface area contributed by atoms with Crippen molar-refractivity contribution in [3.8, 4) is 0 Å². The number of rotatable bonds is 0. The maximum absolute atomic E-state index is 2.35. The molecule has 0 aromatic heterocycles. The van der Waals surface area contributed by atoms with Crippen LogP contribution in [-0.2, 0) is 0 Å². The fourth-order valence-electron chi connectivity index (χ4n) is 3.33. The van der Waals surface area contributed by atoms with Crippen molar-refractivity contribution in [1.29, 1.82) is 0 Å². The third-order valence-corrected chi connectivity index (χ3v) is 9.11. The van der Waals surface area contributed by atoms with Gasteiger partial charge in [-0.2, -0.15) is 0 Å². The Balaban J connectivity index is 1.88. The van der Waals surface area contributed by atoms with Gasteiger partial charge in [-0.15, -0.1) is 0 Å². The number of fused-ring (bicyclic) bond motifs is 4. The summed E-state index contributed by atoms with van der Waals surface area (Å²) >= 11 is 0.918. The van der Waals surface area contributed by atoms with Crippen LogP contribution >= 0.6 is 0 Å². The maximum atomic E-state index is 2.35. The summed E-state index contributed by atoms with van der Waals surface area (Å²) in [4.78, 5) is 0. The molecule has 5 rings (SSSR count). The van der Waals surface area contributed by atoms with Gasteiger partial charge in [-0.1, -0.05) is 0 Å². The average molecular weight is 396 g/mol. The van der Waals surface area contributed by atoms with Crippen molar-refractivity contribution in [2.24, 2.45) is 0 Å². The summed E-state index contributed by atoms with van der Waals surface area (Å²) in [5, 5.41) is 0. The third kappa shape index (κ3) is 1.76. The van der Waals surface area contributed by atoms with Crippen LogP contribution < -0.4 is 34.2 Å². The van der Waals surface area contributed by atoms with E-state index >= 15 is 0 Å². The van der Waals surface area contributed by atoms with E-state index in [2.05, 4.69) is 66.7 Å². The Hall–Kier alpha value is -1.24. The summed E-state index contributed by atoms with van der Waals surface area (Å²) in [5.41, 5.74) is 4.72. The molecular weight excluding hydrogens is 385 g/mol. The van der Waals surface area contributed by atoms with E-state index in [9.17, 15) is 0 Å². The molecule has 3 heteroatoms. The normalized spacial score (nSPS) is 14.2. The second-order valence-corrected chi connectivity index (χ2v) is 9.93. The van der Waals surface area contributed by atoms with Gasteiger partial charge < -0.3 is 0 Å². The zero-order chi connectivity index (χ0) is 13.8. The molecule has 0 spiro atoms.